The zero-order valence-electron chi connectivity index (χ0n) is 6.62. The second kappa shape index (κ2) is 3.69. The first-order valence-electron chi connectivity index (χ1n) is 3.71. The quantitative estimate of drug-likeness (QED) is 0.636. The largest absolute Gasteiger partial charge is 0.480 e. The van der Waals surface area contributed by atoms with E-state index < -0.39 is 5.97 Å². The third-order valence-electron chi connectivity index (χ3n) is 1.94. The summed E-state index contributed by atoms with van der Waals surface area (Å²) in [4.78, 5) is 12.4. The first-order valence-corrected chi connectivity index (χ1v) is 3.71. The molecule has 1 saturated heterocycles. The molecule has 1 aliphatic heterocycles. The maximum absolute atomic E-state index is 10.6. The van der Waals surface area contributed by atoms with Crippen molar-refractivity contribution in [2.45, 2.75) is 18.9 Å². The Kier molecular flexibility index (Phi) is 2.84. The Morgan fingerprint density at radius 2 is 2.55 bits per heavy atom. The van der Waals surface area contributed by atoms with Gasteiger partial charge < -0.3 is 9.84 Å². The molecular weight excluding hydrogens is 146 g/mol. The van der Waals surface area contributed by atoms with Crippen LogP contribution in [-0.4, -0.2) is 42.4 Å². The van der Waals surface area contributed by atoms with Crippen molar-refractivity contribution in [2.75, 3.05) is 20.4 Å². The van der Waals surface area contributed by atoms with Crippen molar-refractivity contribution in [2.24, 2.45) is 0 Å². The Morgan fingerprint density at radius 1 is 1.82 bits per heavy atom. The Bertz CT molecular complexity index is 149. The number of hydrogen-bond acceptors (Lipinski definition) is 3. The van der Waals surface area contributed by atoms with Crippen LogP contribution in [0.4, 0.5) is 0 Å². The second-order valence-corrected chi connectivity index (χ2v) is 2.73. The van der Waals surface area contributed by atoms with Gasteiger partial charge in [-0.2, -0.15) is 0 Å². The molecule has 0 spiro atoms. The van der Waals surface area contributed by atoms with Crippen molar-refractivity contribution < 1.29 is 14.6 Å². The summed E-state index contributed by atoms with van der Waals surface area (Å²) in [7, 11) is 1.58. The van der Waals surface area contributed by atoms with E-state index in [-0.39, 0.29) is 6.04 Å². The van der Waals surface area contributed by atoms with Gasteiger partial charge in [0, 0.05) is 13.7 Å². The highest BCUT2D eigenvalue weighted by Gasteiger charge is 2.29. The van der Waals surface area contributed by atoms with Crippen LogP contribution in [0.25, 0.3) is 0 Å². The Labute approximate surface area is 65.8 Å². The lowest BCUT2D eigenvalue weighted by Gasteiger charge is -2.19. The van der Waals surface area contributed by atoms with E-state index in [1.165, 1.54) is 0 Å². The molecule has 1 unspecified atom stereocenters. The number of rotatable bonds is 3. The summed E-state index contributed by atoms with van der Waals surface area (Å²) >= 11 is 0. The Balaban J connectivity index is 2.44. The van der Waals surface area contributed by atoms with Crippen LogP contribution in [0, 0.1) is 0 Å². The lowest BCUT2D eigenvalue weighted by molar-refractivity contribution is -0.143. The summed E-state index contributed by atoms with van der Waals surface area (Å²) in [6.07, 6.45) is 1.71. The minimum atomic E-state index is -0.737. The number of ether oxygens (including phenoxy) is 1. The predicted octanol–water partition coefficient (Wildman–Crippen LogP) is 0.139. The van der Waals surface area contributed by atoms with Crippen LogP contribution in [0.1, 0.15) is 12.8 Å². The molecule has 0 radical (unpaired) electrons. The van der Waals surface area contributed by atoms with Gasteiger partial charge in [-0.25, -0.2) is 0 Å². The third-order valence-corrected chi connectivity index (χ3v) is 1.94. The zero-order valence-corrected chi connectivity index (χ0v) is 6.62. The SMILES string of the molecule is COCN1CCCC1C(=O)O. The topological polar surface area (TPSA) is 49.8 Å². The number of carbonyl (C=O) groups is 1. The van der Waals surface area contributed by atoms with E-state index >= 15 is 0 Å². The van der Waals surface area contributed by atoms with E-state index in [0.29, 0.717) is 6.73 Å². The second-order valence-electron chi connectivity index (χ2n) is 2.73. The summed E-state index contributed by atoms with van der Waals surface area (Å²) in [5.74, 6) is -0.737. The van der Waals surface area contributed by atoms with E-state index in [4.69, 9.17) is 9.84 Å². The summed E-state index contributed by atoms with van der Waals surface area (Å²) in [5, 5.41) is 8.71. The van der Waals surface area contributed by atoms with Crippen LogP contribution in [0.5, 0.6) is 0 Å². The van der Waals surface area contributed by atoms with Crippen LogP contribution in [0.3, 0.4) is 0 Å². The van der Waals surface area contributed by atoms with Crippen LogP contribution < -0.4 is 0 Å². The molecule has 0 bridgehead atoms. The number of carboxylic acids is 1. The number of likely N-dealkylation sites (tertiary alicyclic amines) is 1. The summed E-state index contributed by atoms with van der Waals surface area (Å²) in [6.45, 7) is 1.27. The molecule has 64 valence electrons. The Hall–Kier alpha value is -0.610. The van der Waals surface area contributed by atoms with Crippen LogP contribution in [-0.2, 0) is 9.53 Å². The normalized spacial score (nSPS) is 25.7. The number of carboxylic acid groups (broad SMARTS) is 1. The molecule has 0 aromatic rings. The molecule has 0 amide bonds. The fourth-order valence-corrected chi connectivity index (χ4v) is 1.43. The Morgan fingerprint density at radius 3 is 3.09 bits per heavy atom. The van der Waals surface area contributed by atoms with Gasteiger partial charge in [0.2, 0.25) is 0 Å². The van der Waals surface area contributed by atoms with Crippen molar-refractivity contribution in [3.63, 3.8) is 0 Å². The van der Waals surface area contributed by atoms with Gasteiger partial charge in [-0.3, -0.25) is 9.69 Å². The van der Waals surface area contributed by atoms with Crippen LogP contribution in [0.15, 0.2) is 0 Å². The van der Waals surface area contributed by atoms with E-state index in [2.05, 4.69) is 0 Å². The minimum absolute atomic E-state index is 0.324. The fourth-order valence-electron chi connectivity index (χ4n) is 1.43. The molecular formula is C7H13NO3. The van der Waals surface area contributed by atoms with Gasteiger partial charge >= 0.3 is 5.97 Å². The molecule has 1 fully saturated rings. The molecule has 0 aliphatic carbocycles. The maximum Gasteiger partial charge on any atom is 0.320 e. The van der Waals surface area contributed by atoms with Gasteiger partial charge in [0.1, 0.15) is 6.04 Å². The highest BCUT2D eigenvalue weighted by molar-refractivity contribution is 5.73. The minimum Gasteiger partial charge on any atom is -0.480 e. The van der Waals surface area contributed by atoms with Gasteiger partial charge in [0.15, 0.2) is 0 Å². The predicted molar refractivity (Wildman–Crippen MR) is 39.2 cm³/mol. The number of nitrogens with zero attached hydrogens (tertiary/aromatic N) is 1. The lowest BCUT2D eigenvalue weighted by Crippen LogP contribution is -2.37. The summed E-state index contributed by atoms with van der Waals surface area (Å²) < 4.78 is 4.87. The van der Waals surface area contributed by atoms with Crippen molar-refractivity contribution in [1.29, 1.82) is 0 Å². The van der Waals surface area contributed by atoms with E-state index in [1.54, 1.807) is 7.11 Å². The maximum atomic E-state index is 10.6. The van der Waals surface area contributed by atoms with Gasteiger partial charge in [0.25, 0.3) is 0 Å². The summed E-state index contributed by atoms with van der Waals surface area (Å²) in [5.41, 5.74) is 0. The lowest BCUT2D eigenvalue weighted by atomic mass is 10.2. The number of hydrogen-bond donors (Lipinski definition) is 1. The molecule has 0 saturated carbocycles. The average molecular weight is 159 g/mol. The molecule has 1 atom stereocenters. The van der Waals surface area contributed by atoms with Crippen LogP contribution >= 0.6 is 0 Å². The molecule has 1 N–H and O–H groups in total. The molecule has 11 heavy (non-hydrogen) atoms. The molecule has 0 aromatic heterocycles. The highest BCUT2D eigenvalue weighted by Crippen LogP contribution is 2.16. The standard InChI is InChI=1S/C7H13NO3/c1-11-5-8-4-2-3-6(8)7(9)10/h6H,2-5H2,1H3,(H,9,10). The molecule has 1 heterocycles. The van der Waals surface area contributed by atoms with Crippen molar-refractivity contribution in [3.8, 4) is 0 Å². The van der Waals surface area contributed by atoms with E-state index in [0.717, 1.165) is 19.4 Å². The fraction of sp³-hybridized carbons (Fsp3) is 0.857. The first-order chi connectivity index (χ1) is 5.25. The number of methoxy groups -OCH3 is 1. The highest BCUT2D eigenvalue weighted by atomic mass is 16.5. The molecule has 4 heteroatoms. The number of aliphatic carboxylic acids is 1. The monoisotopic (exact) mass is 159 g/mol. The van der Waals surface area contributed by atoms with Gasteiger partial charge in [-0.1, -0.05) is 0 Å². The van der Waals surface area contributed by atoms with Gasteiger partial charge in [-0.15, -0.1) is 0 Å². The van der Waals surface area contributed by atoms with Gasteiger partial charge in [0.05, 0.1) is 6.73 Å². The zero-order chi connectivity index (χ0) is 8.27. The van der Waals surface area contributed by atoms with Crippen molar-refractivity contribution in [3.05, 3.63) is 0 Å². The van der Waals surface area contributed by atoms with Crippen LogP contribution in [0.2, 0.25) is 0 Å². The average Bonchev–Trinajstić information content (AvgIpc) is 2.36. The molecule has 1 rings (SSSR count). The third kappa shape index (κ3) is 1.91. The van der Waals surface area contributed by atoms with Crippen molar-refractivity contribution >= 4 is 5.97 Å². The summed E-state index contributed by atoms with van der Waals surface area (Å²) in [6, 6.07) is -0.324. The first kappa shape index (κ1) is 8.49. The molecule has 1 aliphatic rings. The smallest absolute Gasteiger partial charge is 0.320 e. The van der Waals surface area contributed by atoms with Gasteiger partial charge in [-0.05, 0) is 12.8 Å². The molecule has 0 aromatic carbocycles. The van der Waals surface area contributed by atoms with E-state index in [1.807, 2.05) is 4.90 Å². The van der Waals surface area contributed by atoms with E-state index in [9.17, 15) is 4.79 Å². The molecule has 4 nitrogen and oxygen atoms in total. The van der Waals surface area contributed by atoms with Crippen molar-refractivity contribution in [1.82, 2.24) is 4.90 Å².